The average molecular weight is 399 g/mol. The normalized spacial score (nSPS) is 11.0. The molecule has 144 valence electrons. The molecule has 0 saturated heterocycles. The SMILES string of the molecule is CCOc1cc(Nc2ccnc(N(C)Cc3ccc4[nH]cnc4c3Cl)n2)n[nH]1. The topological polar surface area (TPSA) is 108 Å². The highest BCUT2D eigenvalue weighted by atomic mass is 35.5. The van der Waals surface area contributed by atoms with Gasteiger partial charge in [0.2, 0.25) is 11.8 Å². The van der Waals surface area contributed by atoms with Gasteiger partial charge in [-0.1, -0.05) is 17.7 Å². The summed E-state index contributed by atoms with van der Waals surface area (Å²) in [4.78, 5) is 18.1. The molecule has 0 aliphatic heterocycles. The Morgan fingerprint density at radius 1 is 1.21 bits per heavy atom. The summed E-state index contributed by atoms with van der Waals surface area (Å²) in [6, 6.07) is 7.48. The van der Waals surface area contributed by atoms with E-state index in [4.69, 9.17) is 16.3 Å². The molecular weight excluding hydrogens is 380 g/mol. The van der Waals surface area contributed by atoms with Crippen LogP contribution >= 0.6 is 11.6 Å². The van der Waals surface area contributed by atoms with Crippen molar-refractivity contribution < 1.29 is 4.74 Å². The molecule has 0 atom stereocenters. The van der Waals surface area contributed by atoms with Crippen LogP contribution in [0.5, 0.6) is 5.88 Å². The summed E-state index contributed by atoms with van der Waals surface area (Å²) in [7, 11) is 1.91. The Bertz CT molecular complexity index is 1090. The van der Waals surface area contributed by atoms with Crippen molar-refractivity contribution in [2.75, 3.05) is 23.9 Å². The maximum Gasteiger partial charge on any atom is 0.227 e. The number of anilines is 3. The first-order valence-corrected chi connectivity index (χ1v) is 9.11. The Kier molecular flexibility index (Phi) is 4.98. The Morgan fingerprint density at radius 3 is 2.96 bits per heavy atom. The molecule has 0 spiro atoms. The van der Waals surface area contributed by atoms with Gasteiger partial charge in [0, 0.05) is 25.9 Å². The number of benzene rings is 1. The van der Waals surface area contributed by atoms with Gasteiger partial charge in [0.25, 0.3) is 0 Å². The second-order valence-electron chi connectivity index (χ2n) is 6.11. The van der Waals surface area contributed by atoms with Gasteiger partial charge in [-0.25, -0.2) is 15.1 Å². The lowest BCUT2D eigenvalue weighted by Gasteiger charge is -2.18. The first-order valence-electron chi connectivity index (χ1n) is 8.74. The van der Waals surface area contributed by atoms with E-state index in [1.807, 2.05) is 31.0 Å². The van der Waals surface area contributed by atoms with Crippen molar-refractivity contribution in [2.24, 2.45) is 0 Å². The fraction of sp³-hybridized carbons (Fsp3) is 0.222. The third kappa shape index (κ3) is 3.70. The van der Waals surface area contributed by atoms with Crippen molar-refractivity contribution >= 4 is 40.2 Å². The van der Waals surface area contributed by atoms with Crippen molar-refractivity contribution in [2.45, 2.75) is 13.5 Å². The Hall–Kier alpha value is -3.33. The molecule has 9 nitrogen and oxygen atoms in total. The summed E-state index contributed by atoms with van der Waals surface area (Å²) >= 11 is 6.50. The summed E-state index contributed by atoms with van der Waals surface area (Å²) in [6.07, 6.45) is 3.32. The zero-order valence-corrected chi connectivity index (χ0v) is 16.2. The van der Waals surface area contributed by atoms with Crippen LogP contribution in [0.15, 0.2) is 36.8 Å². The minimum atomic E-state index is 0.544. The number of ether oxygens (including phenoxy) is 1. The smallest absolute Gasteiger partial charge is 0.227 e. The van der Waals surface area contributed by atoms with Gasteiger partial charge in [-0.05, 0) is 24.6 Å². The Balaban J connectivity index is 1.50. The van der Waals surface area contributed by atoms with Crippen LogP contribution in [0.3, 0.4) is 0 Å². The van der Waals surface area contributed by atoms with Crippen molar-refractivity contribution in [3.63, 3.8) is 0 Å². The second-order valence-corrected chi connectivity index (χ2v) is 6.49. The summed E-state index contributed by atoms with van der Waals surface area (Å²) in [5.41, 5.74) is 2.61. The van der Waals surface area contributed by atoms with Gasteiger partial charge in [0.15, 0.2) is 5.82 Å². The van der Waals surface area contributed by atoms with Crippen molar-refractivity contribution in [1.82, 2.24) is 30.1 Å². The highest BCUT2D eigenvalue weighted by Gasteiger charge is 2.12. The number of hydrogen-bond donors (Lipinski definition) is 3. The first-order chi connectivity index (χ1) is 13.6. The minimum Gasteiger partial charge on any atom is -0.478 e. The number of aromatic amines is 2. The molecule has 3 N–H and O–H groups in total. The van der Waals surface area contributed by atoms with E-state index in [0.29, 0.717) is 41.6 Å². The van der Waals surface area contributed by atoms with Crippen LogP contribution in [0.2, 0.25) is 5.02 Å². The van der Waals surface area contributed by atoms with Gasteiger partial charge in [0.1, 0.15) is 11.3 Å². The Labute approximate surface area is 166 Å². The molecule has 4 rings (SSSR count). The van der Waals surface area contributed by atoms with Crippen molar-refractivity contribution in [3.8, 4) is 5.88 Å². The fourth-order valence-electron chi connectivity index (χ4n) is 2.79. The molecule has 4 aromatic rings. The quantitative estimate of drug-likeness (QED) is 0.437. The maximum atomic E-state index is 6.50. The second kappa shape index (κ2) is 7.73. The minimum absolute atomic E-state index is 0.544. The Morgan fingerprint density at radius 2 is 2.11 bits per heavy atom. The largest absolute Gasteiger partial charge is 0.478 e. The highest BCUT2D eigenvalue weighted by molar-refractivity contribution is 6.35. The number of fused-ring (bicyclic) bond motifs is 1. The lowest BCUT2D eigenvalue weighted by Crippen LogP contribution is -2.19. The molecule has 0 amide bonds. The van der Waals surface area contributed by atoms with E-state index in [9.17, 15) is 0 Å². The van der Waals surface area contributed by atoms with Gasteiger partial charge in [-0.15, -0.1) is 0 Å². The number of hydrogen-bond acceptors (Lipinski definition) is 7. The molecule has 1 aromatic carbocycles. The van der Waals surface area contributed by atoms with E-state index >= 15 is 0 Å². The van der Waals surface area contributed by atoms with E-state index in [-0.39, 0.29) is 0 Å². The standard InChI is InChI=1S/C18H19ClN8O/c1-3-28-15-8-14(25-26-15)23-13-6-7-20-18(24-13)27(2)9-11-4-5-12-17(16(11)19)22-10-21-12/h4-8,10H,3,9H2,1-2H3,(H,21,22)(H2,20,23,24,25,26). The zero-order valence-electron chi connectivity index (χ0n) is 15.4. The predicted octanol–water partition coefficient (Wildman–Crippen LogP) is 3.51. The number of nitrogens with one attached hydrogen (secondary N) is 3. The van der Waals surface area contributed by atoms with Crippen LogP contribution in [-0.4, -0.2) is 43.8 Å². The van der Waals surface area contributed by atoms with Crippen LogP contribution in [0.1, 0.15) is 12.5 Å². The number of halogens is 1. The molecule has 3 aromatic heterocycles. The van der Waals surface area contributed by atoms with E-state index in [2.05, 4.69) is 35.5 Å². The lowest BCUT2D eigenvalue weighted by molar-refractivity contribution is 0.326. The predicted molar refractivity (Wildman–Crippen MR) is 108 cm³/mol. The van der Waals surface area contributed by atoms with E-state index in [1.54, 1.807) is 24.7 Å². The van der Waals surface area contributed by atoms with Gasteiger partial charge in [-0.3, -0.25) is 0 Å². The summed E-state index contributed by atoms with van der Waals surface area (Å²) < 4.78 is 5.37. The van der Waals surface area contributed by atoms with Gasteiger partial charge < -0.3 is 19.9 Å². The van der Waals surface area contributed by atoms with Gasteiger partial charge >= 0.3 is 0 Å². The van der Waals surface area contributed by atoms with Crippen LogP contribution in [0, 0.1) is 0 Å². The molecule has 0 radical (unpaired) electrons. The molecule has 0 fully saturated rings. The van der Waals surface area contributed by atoms with Crippen LogP contribution in [-0.2, 0) is 6.54 Å². The van der Waals surface area contributed by atoms with Crippen LogP contribution in [0.25, 0.3) is 11.0 Å². The molecule has 0 bridgehead atoms. The summed E-state index contributed by atoms with van der Waals surface area (Å²) in [5, 5.41) is 10.7. The van der Waals surface area contributed by atoms with E-state index in [0.717, 1.165) is 16.6 Å². The number of nitrogens with zero attached hydrogens (tertiary/aromatic N) is 5. The molecule has 10 heteroatoms. The third-order valence-corrected chi connectivity index (χ3v) is 4.53. The van der Waals surface area contributed by atoms with Crippen LogP contribution in [0.4, 0.5) is 17.6 Å². The number of rotatable bonds is 7. The maximum absolute atomic E-state index is 6.50. The highest BCUT2D eigenvalue weighted by Crippen LogP contribution is 2.26. The number of aromatic nitrogens is 6. The molecule has 28 heavy (non-hydrogen) atoms. The molecule has 0 unspecified atom stereocenters. The van der Waals surface area contributed by atoms with E-state index in [1.165, 1.54) is 0 Å². The number of H-pyrrole nitrogens is 2. The van der Waals surface area contributed by atoms with Crippen molar-refractivity contribution in [1.29, 1.82) is 0 Å². The lowest BCUT2D eigenvalue weighted by atomic mass is 10.2. The zero-order chi connectivity index (χ0) is 19.5. The fourth-order valence-corrected chi connectivity index (χ4v) is 3.07. The third-order valence-electron chi connectivity index (χ3n) is 4.11. The average Bonchev–Trinajstić information content (AvgIpc) is 3.34. The summed E-state index contributed by atoms with van der Waals surface area (Å²) in [6.45, 7) is 3.02. The summed E-state index contributed by atoms with van der Waals surface area (Å²) in [5.74, 6) is 2.39. The monoisotopic (exact) mass is 398 g/mol. The van der Waals surface area contributed by atoms with Gasteiger partial charge in [-0.2, -0.15) is 10.1 Å². The molecule has 0 saturated carbocycles. The van der Waals surface area contributed by atoms with Crippen LogP contribution < -0.4 is 15.0 Å². The van der Waals surface area contributed by atoms with Crippen molar-refractivity contribution in [3.05, 3.63) is 47.4 Å². The number of imidazole rings is 1. The first kappa shape index (κ1) is 18.1. The molecule has 0 aliphatic carbocycles. The van der Waals surface area contributed by atoms with E-state index < -0.39 is 0 Å². The van der Waals surface area contributed by atoms with Gasteiger partial charge in [0.05, 0.1) is 23.5 Å². The molecular formula is C18H19ClN8O. The molecule has 0 aliphatic rings. The molecule has 3 heterocycles.